The van der Waals surface area contributed by atoms with Crippen LogP contribution in [-0.2, 0) is 19.7 Å². The van der Waals surface area contributed by atoms with Crippen molar-refractivity contribution in [3.63, 3.8) is 0 Å². The minimum atomic E-state index is -0.329. The van der Waals surface area contributed by atoms with Gasteiger partial charge in [0.15, 0.2) is 0 Å². The van der Waals surface area contributed by atoms with Gasteiger partial charge in [-0.25, -0.2) is 4.68 Å². The van der Waals surface area contributed by atoms with Crippen LogP contribution >= 0.6 is 23.4 Å². The largest absolute Gasteiger partial charge is 0.383 e. The number of rotatable bonds is 7. The second-order valence-electron chi connectivity index (χ2n) is 10.5. The molecule has 7 nitrogen and oxygen atoms in total. The molecule has 2 amide bonds. The number of anilines is 1. The Bertz CT molecular complexity index is 1350. The summed E-state index contributed by atoms with van der Waals surface area (Å²) in [4.78, 5) is 28.3. The molecule has 3 aromatic rings. The summed E-state index contributed by atoms with van der Waals surface area (Å²) in [6.07, 6.45) is 0. The normalized spacial score (nSPS) is 15.8. The van der Waals surface area contributed by atoms with Crippen molar-refractivity contribution in [2.24, 2.45) is 0 Å². The van der Waals surface area contributed by atoms with Gasteiger partial charge in [0.1, 0.15) is 12.4 Å². The summed E-state index contributed by atoms with van der Waals surface area (Å²) in [6.45, 7) is 11.1. The summed E-state index contributed by atoms with van der Waals surface area (Å²) in [5, 5.41) is 8.47. The highest BCUT2D eigenvalue weighted by molar-refractivity contribution is 8.00. The van der Waals surface area contributed by atoms with E-state index in [4.69, 9.17) is 21.4 Å². The summed E-state index contributed by atoms with van der Waals surface area (Å²) in [6, 6.07) is 13.8. The molecule has 2 heterocycles. The summed E-state index contributed by atoms with van der Waals surface area (Å²) in [5.74, 6) is 0.451. The average Bonchev–Trinajstić information content (AvgIpc) is 3.19. The summed E-state index contributed by atoms with van der Waals surface area (Å²) < 4.78 is 6.93. The Morgan fingerprint density at radius 2 is 1.95 bits per heavy atom. The summed E-state index contributed by atoms with van der Waals surface area (Å²) in [7, 11) is 1.58. The topological polar surface area (TPSA) is 76.5 Å². The highest BCUT2D eigenvalue weighted by atomic mass is 35.5. The lowest BCUT2D eigenvalue weighted by atomic mass is 9.87. The van der Waals surface area contributed by atoms with Gasteiger partial charge in [-0.1, -0.05) is 56.6 Å². The molecule has 1 aromatic heterocycles. The van der Waals surface area contributed by atoms with Crippen LogP contribution in [0, 0.1) is 13.8 Å². The van der Waals surface area contributed by atoms with Crippen LogP contribution in [0.1, 0.15) is 54.0 Å². The average molecular weight is 555 g/mol. The smallest absolute Gasteiger partial charge is 0.240 e. The molecule has 2 aromatic carbocycles. The minimum Gasteiger partial charge on any atom is -0.383 e. The number of hydrogen-bond acceptors (Lipinski definition) is 5. The lowest BCUT2D eigenvalue weighted by molar-refractivity contribution is -0.123. The lowest BCUT2D eigenvalue weighted by Crippen LogP contribution is -2.43. The molecule has 1 aliphatic rings. The third-order valence-electron chi connectivity index (χ3n) is 6.69. The van der Waals surface area contributed by atoms with E-state index in [1.165, 1.54) is 0 Å². The lowest BCUT2D eigenvalue weighted by Gasteiger charge is -2.25. The van der Waals surface area contributed by atoms with Crippen LogP contribution in [0.25, 0.3) is 5.69 Å². The molecule has 0 radical (unpaired) electrons. The fraction of sp³-hybridized carbons (Fsp3) is 0.414. The molecular weight excluding hydrogens is 520 g/mol. The number of ether oxygens (including phenoxy) is 1. The minimum absolute atomic E-state index is 0.113. The van der Waals surface area contributed by atoms with Gasteiger partial charge in [-0.2, -0.15) is 5.10 Å². The zero-order valence-electron chi connectivity index (χ0n) is 22.8. The zero-order valence-corrected chi connectivity index (χ0v) is 24.4. The van der Waals surface area contributed by atoms with Crippen LogP contribution in [0.2, 0.25) is 5.02 Å². The standard InChI is InChI=1S/C29H35ClN4O3S/c1-18-9-7-12-22(19(18)2)34-28-25(27(32-34)29(3,4)5)26(20-10-8-11-21(30)15-20)38-17-24(36)33(28)16-23(35)31-13-14-37-6/h7-12,15,26H,13-14,16-17H2,1-6H3,(H,31,35)/t26-/m1/s1. The van der Waals surface area contributed by atoms with Crippen LogP contribution < -0.4 is 10.2 Å². The number of carbonyl (C=O) groups excluding carboxylic acids is 2. The van der Waals surface area contributed by atoms with E-state index in [9.17, 15) is 9.59 Å². The molecule has 202 valence electrons. The Labute approximate surface area is 233 Å². The van der Waals surface area contributed by atoms with E-state index >= 15 is 0 Å². The molecule has 1 aliphatic heterocycles. The molecule has 0 aliphatic carbocycles. The maximum Gasteiger partial charge on any atom is 0.240 e. The maximum absolute atomic E-state index is 13.7. The highest BCUT2D eigenvalue weighted by Crippen LogP contribution is 2.48. The van der Waals surface area contributed by atoms with Crippen molar-refractivity contribution in [1.82, 2.24) is 15.1 Å². The van der Waals surface area contributed by atoms with Crippen LogP contribution in [-0.4, -0.2) is 54.2 Å². The molecule has 38 heavy (non-hydrogen) atoms. The van der Waals surface area contributed by atoms with Crippen molar-refractivity contribution < 1.29 is 14.3 Å². The number of methoxy groups -OCH3 is 1. The summed E-state index contributed by atoms with van der Waals surface area (Å²) >= 11 is 7.96. The molecule has 1 atom stereocenters. The predicted molar refractivity (Wildman–Crippen MR) is 155 cm³/mol. The number of aromatic nitrogens is 2. The van der Waals surface area contributed by atoms with Gasteiger partial charge in [-0.05, 0) is 48.7 Å². The van der Waals surface area contributed by atoms with E-state index in [1.54, 1.807) is 23.8 Å². The van der Waals surface area contributed by atoms with E-state index in [1.807, 2.05) is 41.1 Å². The SMILES string of the molecule is COCCNC(=O)CN1C(=O)CS[C@H](c2cccc(Cl)c2)c2c(C(C)(C)C)nn(-c3cccc(C)c3C)c21. The number of amides is 2. The molecule has 4 rings (SSSR count). The molecule has 0 fully saturated rings. The van der Waals surface area contributed by atoms with E-state index in [0.29, 0.717) is 24.0 Å². The number of fused-ring (bicyclic) bond motifs is 1. The molecule has 9 heteroatoms. The van der Waals surface area contributed by atoms with Gasteiger partial charge in [0.2, 0.25) is 11.8 Å². The van der Waals surface area contributed by atoms with Gasteiger partial charge in [0.05, 0.1) is 29.0 Å². The Balaban J connectivity index is 1.99. The number of thioether (sulfide) groups is 1. The first-order valence-electron chi connectivity index (χ1n) is 12.7. The number of nitrogens with one attached hydrogen (secondary N) is 1. The van der Waals surface area contributed by atoms with Crippen molar-refractivity contribution in [3.8, 4) is 5.69 Å². The number of halogens is 1. The van der Waals surface area contributed by atoms with Crippen molar-refractivity contribution in [2.75, 3.05) is 37.5 Å². The van der Waals surface area contributed by atoms with E-state index in [-0.39, 0.29) is 34.8 Å². The van der Waals surface area contributed by atoms with Crippen molar-refractivity contribution in [2.45, 2.75) is 45.3 Å². The van der Waals surface area contributed by atoms with Crippen LogP contribution in [0.5, 0.6) is 0 Å². The van der Waals surface area contributed by atoms with E-state index in [0.717, 1.165) is 33.6 Å². The number of aryl methyl sites for hydroxylation is 1. The van der Waals surface area contributed by atoms with Gasteiger partial charge < -0.3 is 10.1 Å². The quantitative estimate of drug-likeness (QED) is 0.397. The second kappa shape index (κ2) is 11.5. The monoisotopic (exact) mass is 554 g/mol. The molecule has 0 unspecified atom stereocenters. The van der Waals surface area contributed by atoms with E-state index < -0.39 is 0 Å². The van der Waals surface area contributed by atoms with Crippen LogP contribution in [0.15, 0.2) is 42.5 Å². The first kappa shape index (κ1) is 28.2. The van der Waals surface area contributed by atoms with Crippen molar-refractivity contribution in [1.29, 1.82) is 0 Å². The van der Waals surface area contributed by atoms with Gasteiger partial charge in [0.25, 0.3) is 0 Å². The summed E-state index contributed by atoms with van der Waals surface area (Å²) in [5.41, 5.74) is 5.54. The van der Waals surface area contributed by atoms with E-state index in [2.05, 4.69) is 46.0 Å². The molecule has 0 saturated heterocycles. The molecule has 0 spiro atoms. The molecule has 0 saturated carbocycles. The number of nitrogens with zero attached hydrogens (tertiary/aromatic N) is 3. The third kappa shape index (κ3) is 5.77. The fourth-order valence-corrected chi connectivity index (χ4v) is 6.02. The Kier molecular flexibility index (Phi) is 8.55. The van der Waals surface area contributed by atoms with Crippen LogP contribution in [0.4, 0.5) is 5.82 Å². The Morgan fingerprint density at radius 1 is 1.21 bits per heavy atom. The zero-order chi connectivity index (χ0) is 27.6. The van der Waals surface area contributed by atoms with Gasteiger partial charge >= 0.3 is 0 Å². The highest BCUT2D eigenvalue weighted by Gasteiger charge is 2.40. The third-order valence-corrected chi connectivity index (χ3v) is 8.18. The fourth-order valence-electron chi connectivity index (χ4n) is 4.63. The molecule has 1 N–H and O–H groups in total. The second-order valence-corrected chi connectivity index (χ2v) is 12.1. The first-order valence-corrected chi connectivity index (χ1v) is 14.1. The van der Waals surface area contributed by atoms with Gasteiger partial charge in [0, 0.05) is 29.7 Å². The number of benzene rings is 2. The van der Waals surface area contributed by atoms with Gasteiger partial charge in [-0.15, -0.1) is 11.8 Å². The molecule has 0 bridgehead atoms. The Hall–Kier alpha value is -2.81. The van der Waals surface area contributed by atoms with Crippen molar-refractivity contribution >= 4 is 41.0 Å². The number of hydrogen-bond donors (Lipinski definition) is 1. The first-order chi connectivity index (χ1) is 18.0. The Morgan fingerprint density at radius 3 is 2.63 bits per heavy atom. The van der Waals surface area contributed by atoms with Gasteiger partial charge in [-0.3, -0.25) is 14.5 Å². The van der Waals surface area contributed by atoms with Crippen LogP contribution in [0.3, 0.4) is 0 Å². The molecular formula is C29H35ClN4O3S. The predicted octanol–water partition coefficient (Wildman–Crippen LogP) is 5.37. The van der Waals surface area contributed by atoms with Crippen molar-refractivity contribution in [3.05, 3.63) is 75.4 Å². The number of carbonyl (C=O) groups is 2. The maximum atomic E-state index is 13.7.